The number of hydrogen-bond acceptors (Lipinski definition) is 1. The van der Waals surface area contributed by atoms with E-state index in [2.05, 4.69) is 122 Å². The number of thiophene rings is 1. The van der Waals surface area contributed by atoms with E-state index in [0.29, 0.717) is 0 Å². The van der Waals surface area contributed by atoms with E-state index in [4.69, 9.17) is 0 Å². The van der Waals surface area contributed by atoms with Gasteiger partial charge >= 0.3 is 0 Å². The van der Waals surface area contributed by atoms with Crippen molar-refractivity contribution in [3.63, 3.8) is 0 Å². The Labute approximate surface area is 189 Å². The van der Waals surface area contributed by atoms with Crippen LogP contribution < -0.4 is 20.7 Å². The van der Waals surface area contributed by atoms with Crippen LogP contribution in [0.25, 0.3) is 10.1 Å². The van der Waals surface area contributed by atoms with Crippen molar-refractivity contribution >= 4 is 50.2 Å². The number of fused-ring (bicyclic) bond motifs is 1. The zero-order valence-corrected chi connectivity index (χ0v) is 19.6. The third-order valence-electron chi connectivity index (χ3n) is 6.14. The number of benzene rings is 4. The van der Waals surface area contributed by atoms with Crippen LogP contribution in [0.5, 0.6) is 0 Å². The molecule has 0 bridgehead atoms. The van der Waals surface area contributed by atoms with Gasteiger partial charge in [0.1, 0.15) is 0 Å². The summed E-state index contributed by atoms with van der Waals surface area (Å²) in [6.45, 7) is 2.30. The summed E-state index contributed by atoms with van der Waals surface area (Å²) in [5.74, 6) is 0. The van der Waals surface area contributed by atoms with E-state index in [0.717, 1.165) is 12.8 Å². The van der Waals surface area contributed by atoms with Crippen molar-refractivity contribution in [3.8, 4) is 0 Å². The molecule has 0 nitrogen and oxygen atoms in total. The molecule has 0 saturated heterocycles. The van der Waals surface area contributed by atoms with E-state index in [1.165, 1.54) is 25.6 Å². The first kappa shape index (κ1) is 20.0. The van der Waals surface area contributed by atoms with Gasteiger partial charge in [-0.25, -0.2) is 0 Å². The molecule has 31 heavy (non-hydrogen) atoms. The molecule has 1 aromatic heterocycles. The Hall–Kier alpha value is -2.94. The highest BCUT2D eigenvalue weighted by molar-refractivity contribution is 7.27. The Morgan fingerprint density at radius 3 is 1.52 bits per heavy atom. The zero-order chi connectivity index (χ0) is 21.1. The van der Waals surface area contributed by atoms with E-state index in [9.17, 15) is 0 Å². The van der Waals surface area contributed by atoms with Crippen LogP contribution in [0.2, 0.25) is 0 Å². The minimum absolute atomic E-state index is 1.12. The molecule has 0 amide bonds. The summed E-state index contributed by atoms with van der Waals surface area (Å²) in [6, 6.07) is 42.8. The van der Waals surface area contributed by atoms with E-state index in [1.54, 1.807) is 10.1 Å². The lowest BCUT2D eigenvalue weighted by Crippen LogP contribution is -2.75. The van der Waals surface area contributed by atoms with Crippen LogP contribution in [-0.2, 0) is 6.42 Å². The van der Waals surface area contributed by atoms with Gasteiger partial charge in [-0.05, 0) is 38.6 Å². The average Bonchev–Trinajstić information content (AvgIpc) is 3.21. The molecule has 5 aromatic rings. The first-order chi connectivity index (χ1) is 15.4. The standard InChI is InChI=1S/C29H26SSi/c1-2-14-28-29(26-21-12-13-22-27(26)30-28)31(23-15-6-3-7-16-23,24-17-8-4-9-18-24)25-19-10-5-11-20-25/h3-13,15-22H,2,14H2,1H3. The van der Waals surface area contributed by atoms with Gasteiger partial charge < -0.3 is 0 Å². The second kappa shape index (κ2) is 8.66. The molecular weight excluding hydrogens is 408 g/mol. The zero-order valence-electron chi connectivity index (χ0n) is 17.8. The largest absolute Gasteiger partial charge is 0.181 e. The fourth-order valence-electron chi connectivity index (χ4n) is 4.91. The Morgan fingerprint density at radius 1 is 0.581 bits per heavy atom. The predicted octanol–water partition coefficient (Wildman–Crippen LogP) is 5.23. The first-order valence-electron chi connectivity index (χ1n) is 11.0. The SMILES string of the molecule is CCCc1sc2ccccc2c1[Si](c1ccccc1)(c1ccccc1)c1ccccc1. The van der Waals surface area contributed by atoms with Crippen molar-refractivity contribution in [2.45, 2.75) is 19.8 Å². The first-order valence-corrected chi connectivity index (χ1v) is 13.8. The Morgan fingerprint density at radius 2 is 1.03 bits per heavy atom. The highest BCUT2D eigenvalue weighted by Gasteiger charge is 2.44. The Kier molecular flexibility index (Phi) is 5.58. The Balaban J connectivity index is 2.00. The number of rotatable bonds is 6. The molecule has 0 unspecified atom stereocenters. The van der Waals surface area contributed by atoms with Crippen LogP contribution in [0.15, 0.2) is 115 Å². The molecule has 0 atom stereocenters. The third-order valence-corrected chi connectivity index (χ3v) is 12.5. The number of aryl methyl sites for hydroxylation is 1. The van der Waals surface area contributed by atoms with Gasteiger partial charge in [0.2, 0.25) is 0 Å². The smallest absolute Gasteiger partial charge is 0.140 e. The molecule has 152 valence electrons. The van der Waals surface area contributed by atoms with Gasteiger partial charge in [0.15, 0.2) is 8.07 Å². The molecule has 0 fully saturated rings. The molecule has 0 N–H and O–H groups in total. The lowest BCUT2D eigenvalue weighted by Gasteiger charge is -2.35. The maximum atomic E-state index is 2.36. The van der Waals surface area contributed by atoms with Gasteiger partial charge in [-0.15, -0.1) is 11.3 Å². The van der Waals surface area contributed by atoms with E-state index in [-0.39, 0.29) is 0 Å². The lowest BCUT2D eigenvalue weighted by molar-refractivity contribution is 0.944. The topological polar surface area (TPSA) is 0 Å². The summed E-state index contributed by atoms with van der Waals surface area (Å²) in [7, 11) is -2.48. The van der Waals surface area contributed by atoms with Crippen molar-refractivity contribution < 1.29 is 0 Å². The molecular formula is C29H26SSi. The monoisotopic (exact) mass is 434 g/mol. The minimum Gasteiger partial charge on any atom is -0.140 e. The molecule has 0 spiro atoms. The molecule has 0 aliphatic heterocycles. The highest BCUT2D eigenvalue weighted by atomic mass is 32.1. The quantitative estimate of drug-likeness (QED) is 0.253. The van der Waals surface area contributed by atoms with Crippen LogP contribution in [0.1, 0.15) is 18.2 Å². The van der Waals surface area contributed by atoms with Crippen LogP contribution in [-0.4, -0.2) is 8.07 Å². The van der Waals surface area contributed by atoms with Gasteiger partial charge in [-0.2, -0.15) is 0 Å². The van der Waals surface area contributed by atoms with Gasteiger partial charge in [-0.3, -0.25) is 0 Å². The molecule has 4 aromatic carbocycles. The van der Waals surface area contributed by atoms with Crippen molar-refractivity contribution in [1.82, 2.24) is 0 Å². The van der Waals surface area contributed by atoms with Crippen LogP contribution >= 0.6 is 11.3 Å². The molecule has 2 heteroatoms. The normalized spacial score (nSPS) is 11.6. The van der Waals surface area contributed by atoms with Crippen molar-refractivity contribution in [2.75, 3.05) is 0 Å². The molecule has 1 heterocycles. The highest BCUT2D eigenvalue weighted by Crippen LogP contribution is 2.28. The molecule has 0 saturated carbocycles. The predicted molar refractivity (Wildman–Crippen MR) is 139 cm³/mol. The fraction of sp³-hybridized carbons (Fsp3) is 0.103. The maximum absolute atomic E-state index is 2.48. The molecule has 0 aliphatic rings. The summed E-state index contributed by atoms with van der Waals surface area (Å²) in [5, 5.41) is 7.37. The summed E-state index contributed by atoms with van der Waals surface area (Å²) in [6.07, 6.45) is 2.28. The second-order valence-electron chi connectivity index (χ2n) is 7.99. The van der Waals surface area contributed by atoms with Crippen molar-refractivity contribution in [2.24, 2.45) is 0 Å². The van der Waals surface area contributed by atoms with Crippen molar-refractivity contribution in [1.29, 1.82) is 0 Å². The summed E-state index contributed by atoms with van der Waals surface area (Å²) in [4.78, 5) is 1.55. The molecule has 5 rings (SSSR count). The van der Waals surface area contributed by atoms with Crippen LogP contribution in [0.4, 0.5) is 0 Å². The van der Waals surface area contributed by atoms with Gasteiger partial charge in [-0.1, -0.05) is 123 Å². The van der Waals surface area contributed by atoms with E-state index in [1.807, 2.05) is 11.3 Å². The summed E-state index contributed by atoms with van der Waals surface area (Å²) in [5.41, 5.74) is 0. The Bertz CT molecular complexity index is 1180. The van der Waals surface area contributed by atoms with E-state index >= 15 is 0 Å². The van der Waals surface area contributed by atoms with Crippen molar-refractivity contribution in [3.05, 3.63) is 120 Å². The van der Waals surface area contributed by atoms with Gasteiger partial charge in [0.05, 0.1) is 0 Å². The second-order valence-corrected chi connectivity index (χ2v) is 12.9. The third kappa shape index (κ3) is 3.36. The van der Waals surface area contributed by atoms with Crippen LogP contribution in [0.3, 0.4) is 0 Å². The summed E-state index contributed by atoms with van der Waals surface area (Å²) < 4.78 is 1.40. The van der Waals surface area contributed by atoms with Gasteiger partial charge in [0, 0.05) is 9.58 Å². The maximum Gasteiger partial charge on any atom is 0.181 e. The van der Waals surface area contributed by atoms with E-state index < -0.39 is 8.07 Å². The lowest BCUT2D eigenvalue weighted by atomic mass is 10.2. The average molecular weight is 435 g/mol. The van der Waals surface area contributed by atoms with Crippen LogP contribution in [0, 0.1) is 0 Å². The molecule has 0 aliphatic carbocycles. The fourth-order valence-corrected chi connectivity index (χ4v) is 11.9. The van der Waals surface area contributed by atoms with Gasteiger partial charge in [0.25, 0.3) is 0 Å². The summed E-state index contributed by atoms with van der Waals surface area (Å²) >= 11 is 1.99. The molecule has 0 radical (unpaired) electrons. The minimum atomic E-state index is -2.48. The number of hydrogen-bond donors (Lipinski definition) is 0.